The van der Waals surface area contributed by atoms with Crippen LogP contribution in [0, 0.1) is 6.92 Å². The lowest BCUT2D eigenvalue weighted by atomic mass is 9.95. The van der Waals surface area contributed by atoms with E-state index >= 15 is 0 Å². The number of aromatic nitrogens is 1. The Labute approximate surface area is 225 Å². The van der Waals surface area contributed by atoms with Crippen molar-refractivity contribution < 1.29 is 29.0 Å². The topological polar surface area (TPSA) is 106 Å². The van der Waals surface area contributed by atoms with E-state index in [4.69, 9.17) is 9.47 Å². The summed E-state index contributed by atoms with van der Waals surface area (Å²) in [5, 5.41) is 11.5. The van der Waals surface area contributed by atoms with E-state index in [1.165, 1.54) is 18.9 Å². The Morgan fingerprint density at radius 2 is 1.71 bits per heavy atom. The van der Waals surface area contributed by atoms with E-state index in [-0.39, 0.29) is 22.2 Å². The summed E-state index contributed by atoms with van der Waals surface area (Å²) in [5.74, 6) is -0.890. The quantitative estimate of drug-likeness (QED) is 0.114. The summed E-state index contributed by atoms with van der Waals surface area (Å²) in [4.78, 5) is 44.9. The highest BCUT2D eigenvalue weighted by atomic mass is 32.1. The molecule has 0 radical (unpaired) electrons. The summed E-state index contributed by atoms with van der Waals surface area (Å²) in [7, 11) is 1.53. The lowest BCUT2D eigenvalue weighted by Gasteiger charge is -2.23. The van der Waals surface area contributed by atoms with Crippen LogP contribution in [0.25, 0.3) is 5.76 Å². The first-order chi connectivity index (χ1) is 18.3. The highest BCUT2D eigenvalue weighted by molar-refractivity contribution is 7.18. The summed E-state index contributed by atoms with van der Waals surface area (Å²) >= 11 is 1.05. The Morgan fingerprint density at radius 1 is 1.05 bits per heavy atom. The van der Waals surface area contributed by atoms with Crippen molar-refractivity contribution in [2.45, 2.75) is 46.1 Å². The van der Waals surface area contributed by atoms with Crippen LogP contribution in [0.4, 0.5) is 5.13 Å². The first-order valence-electron chi connectivity index (χ1n) is 12.4. The van der Waals surface area contributed by atoms with Crippen molar-refractivity contribution in [3.05, 3.63) is 75.8 Å². The lowest BCUT2D eigenvalue weighted by Crippen LogP contribution is -2.29. The van der Waals surface area contributed by atoms with Gasteiger partial charge in [-0.15, -0.1) is 0 Å². The minimum Gasteiger partial charge on any atom is -0.507 e. The summed E-state index contributed by atoms with van der Waals surface area (Å²) < 4.78 is 11.0. The molecule has 1 aromatic heterocycles. The largest absolute Gasteiger partial charge is 0.507 e. The van der Waals surface area contributed by atoms with E-state index in [1.807, 2.05) is 0 Å². The molecule has 2 aromatic carbocycles. The monoisotopic (exact) mass is 534 g/mol. The molecule has 1 N–H and O–H groups in total. The third kappa shape index (κ3) is 5.33. The maximum Gasteiger partial charge on any atom is 0.301 e. The van der Waals surface area contributed by atoms with E-state index in [0.29, 0.717) is 39.8 Å². The molecule has 1 amide bonds. The first-order valence-corrected chi connectivity index (χ1v) is 13.2. The van der Waals surface area contributed by atoms with Gasteiger partial charge in [-0.05, 0) is 55.3 Å². The molecule has 0 saturated carbocycles. The zero-order valence-corrected chi connectivity index (χ0v) is 22.6. The number of amides is 1. The molecule has 38 heavy (non-hydrogen) atoms. The molecule has 1 fully saturated rings. The maximum atomic E-state index is 13.4. The molecule has 2 heterocycles. The van der Waals surface area contributed by atoms with Gasteiger partial charge in [0.1, 0.15) is 17.3 Å². The van der Waals surface area contributed by atoms with E-state index < -0.39 is 17.7 Å². The predicted molar refractivity (Wildman–Crippen MR) is 146 cm³/mol. The van der Waals surface area contributed by atoms with E-state index in [1.54, 1.807) is 55.5 Å². The molecule has 1 aliphatic rings. The number of Topliss-reactive ketones (excluding diaryl/α,β-unsaturated/α-hetero) is 2. The van der Waals surface area contributed by atoms with Gasteiger partial charge >= 0.3 is 5.91 Å². The molecule has 198 valence electrons. The molecule has 4 rings (SSSR count). The Morgan fingerprint density at radius 3 is 2.29 bits per heavy atom. The van der Waals surface area contributed by atoms with Crippen molar-refractivity contribution >= 4 is 39.7 Å². The smallest absolute Gasteiger partial charge is 0.301 e. The normalized spacial score (nSPS) is 16.6. The van der Waals surface area contributed by atoms with Crippen molar-refractivity contribution in [1.82, 2.24) is 4.98 Å². The highest BCUT2D eigenvalue weighted by Gasteiger charge is 2.48. The highest BCUT2D eigenvalue weighted by Crippen LogP contribution is 2.44. The number of carbonyl (C=O) groups excluding carboxylic acids is 3. The molecular weight excluding hydrogens is 504 g/mol. The number of carbonyl (C=O) groups is 3. The van der Waals surface area contributed by atoms with Crippen LogP contribution in [0.1, 0.15) is 65.6 Å². The summed E-state index contributed by atoms with van der Waals surface area (Å²) in [6.07, 6.45) is 3.12. The minimum atomic E-state index is -0.948. The average molecular weight is 535 g/mol. The molecular formula is C29H30N2O6S. The molecule has 8 nitrogen and oxygen atoms in total. The predicted octanol–water partition coefficient (Wildman–Crippen LogP) is 5.86. The van der Waals surface area contributed by atoms with Gasteiger partial charge in [0.05, 0.1) is 35.9 Å². The van der Waals surface area contributed by atoms with Gasteiger partial charge in [-0.2, -0.15) is 0 Å². The van der Waals surface area contributed by atoms with Crippen LogP contribution >= 0.6 is 11.3 Å². The van der Waals surface area contributed by atoms with Crippen LogP contribution in [0.2, 0.25) is 0 Å². The molecule has 1 atom stereocenters. The fraction of sp³-hybridized carbons (Fsp3) is 0.310. The van der Waals surface area contributed by atoms with Gasteiger partial charge in [-0.1, -0.05) is 43.2 Å². The van der Waals surface area contributed by atoms with Crippen LogP contribution in [0.15, 0.2) is 54.1 Å². The number of aliphatic hydroxyl groups excluding tert-OH is 1. The number of ether oxygens (including phenoxy) is 2. The van der Waals surface area contributed by atoms with Crippen molar-refractivity contribution in [1.29, 1.82) is 0 Å². The summed E-state index contributed by atoms with van der Waals surface area (Å²) in [6, 6.07) is 12.7. The number of aliphatic hydroxyl groups is 1. The van der Waals surface area contributed by atoms with Crippen LogP contribution in [0.5, 0.6) is 11.5 Å². The fourth-order valence-corrected chi connectivity index (χ4v) is 5.34. The molecule has 0 aliphatic carbocycles. The number of methoxy groups -OCH3 is 1. The first kappa shape index (κ1) is 27.1. The Bertz CT molecular complexity index is 1380. The van der Waals surface area contributed by atoms with E-state index in [0.717, 1.165) is 30.6 Å². The average Bonchev–Trinajstić information content (AvgIpc) is 3.43. The third-order valence-corrected chi connectivity index (χ3v) is 7.59. The molecule has 9 heteroatoms. The van der Waals surface area contributed by atoms with Crippen molar-refractivity contribution in [2.24, 2.45) is 0 Å². The number of aryl methyl sites for hydroxylation is 1. The van der Waals surface area contributed by atoms with Gasteiger partial charge in [0.25, 0.3) is 5.78 Å². The second-order valence-corrected chi connectivity index (χ2v) is 9.97. The van der Waals surface area contributed by atoms with Gasteiger partial charge in [-0.25, -0.2) is 4.98 Å². The van der Waals surface area contributed by atoms with Gasteiger partial charge in [0.15, 0.2) is 10.9 Å². The van der Waals surface area contributed by atoms with Crippen LogP contribution in [0.3, 0.4) is 0 Å². The Kier molecular flexibility index (Phi) is 8.26. The number of benzene rings is 2. The second-order valence-electron chi connectivity index (χ2n) is 8.99. The number of hydrogen-bond acceptors (Lipinski definition) is 8. The lowest BCUT2D eigenvalue weighted by molar-refractivity contribution is -0.132. The molecule has 0 spiro atoms. The van der Waals surface area contributed by atoms with Gasteiger partial charge in [0, 0.05) is 12.5 Å². The zero-order valence-electron chi connectivity index (χ0n) is 21.8. The SMILES string of the molecule is CCCCCOc1ccc(C2C(=C(O)c3ccc(OC)cc3)C(=O)C(=O)N2c2nc(C)c(C(C)=O)s2)cc1. The number of rotatable bonds is 10. The molecule has 0 bridgehead atoms. The molecule has 1 saturated heterocycles. The van der Waals surface area contributed by atoms with Crippen molar-refractivity contribution in [3.63, 3.8) is 0 Å². The number of nitrogens with zero attached hydrogens (tertiary/aromatic N) is 2. The molecule has 1 unspecified atom stereocenters. The number of thiazole rings is 1. The summed E-state index contributed by atoms with van der Waals surface area (Å²) in [5.41, 5.74) is 1.37. The number of hydrogen-bond donors (Lipinski definition) is 1. The third-order valence-electron chi connectivity index (χ3n) is 6.33. The van der Waals surface area contributed by atoms with Crippen LogP contribution < -0.4 is 14.4 Å². The van der Waals surface area contributed by atoms with Gasteiger partial charge < -0.3 is 14.6 Å². The number of anilines is 1. The van der Waals surface area contributed by atoms with Crippen LogP contribution in [-0.2, 0) is 9.59 Å². The fourth-order valence-electron chi connectivity index (χ4n) is 4.35. The summed E-state index contributed by atoms with van der Waals surface area (Å²) in [6.45, 7) is 5.83. The second kappa shape index (κ2) is 11.6. The van der Waals surface area contributed by atoms with E-state index in [2.05, 4.69) is 11.9 Å². The van der Waals surface area contributed by atoms with Gasteiger partial charge in [0.2, 0.25) is 0 Å². The van der Waals surface area contributed by atoms with Crippen LogP contribution in [-0.4, -0.2) is 41.3 Å². The standard InChI is InChI=1S/C29H30N2O6S/c1-5-6-7-16-37-22-14-8-19(9-15-22)24-23(25(33)20-10-12-21(36-4)13-11-20)26(34)28(35)31(24)29-30-17(2)27(38-29)18(3)32/h8-15,24,33H,5-7,16H2,1-4H3. The zero-order chi connectivity index (χ0) is 27.4. The number of ketones is 2. The maximum absolute atomic E-state index is 13.4. The minimum absolute atomic E-state index is 0.0611. The van der Waals surface area contributed by atoms with E-state index in [9.17, 15) is 19.5 Å². The number of unbranched alkanes of at least 4 members (excludes halogenated alkanes) is 2. The van der Waals surface area contributed by atoms with Crippen molar-refractivity contribution in [2.75, 3.05) is 18.6 Å². The molecule has 1 aliphatic heterocycles. The van der Waals surface area contributed by atoms with Gasteiger partial charge in [-0.3, -0.25) is 19.3 Å². The van der Waals surface area contributed by atoms with Crippen molar-refractivity contribution in [3.8, 4) is 11.5 Å². The Balaban J connectivity index is 1.80. The Hall–Kier alpha value is -3.98. The molecule has 3 aromatic rings.